The highest BCUT2D eigenvalue weighted by Crippen LogP contribution is 2.19. The highest BCUT2D eigenvalue weighted by molar-refractivity contribution is 5.93. The molecular weight excluding hydrogens is 332 g/mol. The van der Waals surface area contributed by atoms with E-state index in [4.69, 9.17) is 4.74 Å². The Morgan fingerprint density at radius 2 is 1.96 bits per heavy atom. The van der Waals surface area contributed by atoms with E-state index in [1.54, 1.807) is 24.4 Å². The summed E-state index contributed by atoms with van der Waals surface area (Å²) in [4.78, 5) is 26.8. The molecule has 3 rings (SSSR count). The Hall–Kier alpha value is -3.48. The predicted molar refractivity (Wildman–Crippen MR) is 97.0 cm³/mol. The molecule has 2 heterocycles. The smallest absolute Gasteiger partial charge is 0.264 e. The van der Waals surface area contributed by atoms with E-state index in [0.717, 1.165) is 11.3 Å². The lowest BCUT2D eigenvalue weighted by atomic mass is 10.1. The fourth-order valence-corrected chi connectivity index (χ4v) is 2.29. The molecule has 0 aliphatic carbocycles. The van der Waals surface area contributed by atoms with Crippen LogP contribution in [0.2, 0.25) is 0 Å². The van der Waals surface area contributed by atoms with E-state index < -0.39 is 0 Å². The molecule has 7 nitrogen and oxygen atoms in total. The summed E-state index contributed by atoms with van der Waals surface area (Å²) in [6.45, 7) is 1.01. The standard InChI is InChI=1S/C19H18N4O3/c24-18-9-8-17(22-23-18)14-4-6-16(7-5-14)26-12-2-11-21-19(25)15-3-1-10-20-13-15/h1,3-10,13H,2,11-12H2,(H,21,25)(H,23,24). The van der Waals surface area contributed by atoms with Crippen molar-refractivity contribution in [1.82, 2.24) is 20.5 Å². The van der Waals surface area contributed by atoms with Crippen LogP contribution in [0, 0.1) is 0 Å². The van der Waals surface area contributed by atoms with Crippen molar-refractivity contribution in [1.29, 1.82) is 0 Å². The van der Waals surface area contributed by atoms with Crippen molar-refractivity contribution in [3.8, 4) is 17.0 Å². The number of carbonyl (C=O) groups excluding carboxylic acids is 1. The minimum Gasteiger partial charge on any atom is -0.494 e. The van der Waals surface area contributed by atoms with Crippen LogP contribution in [0.3, 0.4) is 0 Å². The Morgan fingerprint density at radius 3 is 2.65 bits per heavy atom. The fraction of sp³-hybridized carbons (Fsp3) is 0.158. The molecule has 0 atom stereocenters. The van der Waals surface area contributed by atoms with Crippen LogP contribution >= 0.6 is 0 Å². The van der Waals surface area contributed by atoms with Gasteiger partial charge >= 0.3 is 0 Å². The number of ether oxygens (including phenoxy) is 1. The summed E-state index contributed by atoms with van der Waals surface area (Å²) < 4.78 is 5.66. The average molecular weight is 350 g/mol. The Morgan fingerprint density at radius 1 is 1.12 bits per heavy atom. The number of aromatic nitrogens is 3. The van der Waals surface area contributed by atoms with Crippen LogP contribution in [0.4, 0.5) is 0 Å². The van der Waals surface area contributed by atoms with Gasteiger partial charge in [0.25, 0.3) is 11.5 Å². The molecule has 0 spiro atoms. The lowest BCUT2D eigenvalue weighted by molar-refractivity contribution is 0.0951. The molecule has 26 heavy (non-hydrogen) atoms. The normalized spacial score (nSPS) is 10.3. The third-order valence-electron chi connectivity index (χ3n) is 3.63. The van der Waals surface area contributed by atoms with Gasteiger partial charge < -0.3 is 10.1 Å². The predicted octanol–water partition coefficient (Wildman–Crippen LogP) is 2.03. The van der Waals surface area contributed by atoms with Crippen molar-refractivity contribution in [3.05, 3.63) is 76.8 Å². The summed E-state index contributed by atoms with van der Waals surface area (Å²) in [5, 5.41) is 9.21. The molecule has 0 aliphatic rings. The second-order valence-electron chi connectivity index (χ2n) is 5.53. The van der Waals surface area contributed by atoms with Gasteiger partial charge in [-0.2, -0.15) is 5.10 Å². The molecular formula is C19H18N4O3. The Labute approximate surface area is 150 Å². The number of aromatic amines is 1. The summed E-state index contributed by atoms with van der Waals surface area (Å²) in [7, 11) is 0. The van der Waals surface area contributed by atoms with E-state index in [-0.39, 0.29) is 11.5 Å². The van der Waals surface area contributed by atoms with Gasteiger partial charge in [0.05, 0.1) is 17.9 Å². The van der Waals surface area contributed by atoms with Gasteiger partial charge in [-0.25, -0.2) is 5.10 Å². The molecule has 2 aromatic heterocycles. The number of nitrogens with zero attached hydrogens (tertiary/aromatic N) is 2. The molecule has 7 heteroatoms. The molecule has 0 unspecified atom stereocenters. The Kier molecular flexibility index (Phi) is 5.72. The van der Waals surface area contributed by atoms with Crippen LogP contribution < -0.4 is 15.6 Å². The van der Waals surface area contributed by atoms with E-state index in [9.17, 15) is 9.59 Å². The largest absolute Gasteiger partial charge is 0.494 e. The van der Waals surface area contributed by atoms with Crippen LogP contribution in [0.1, 0.15) is 16.8 Å². The molecule has 1 amide bonds. The highest BCUT2D eigenvalue weighted by atomic mass is 16.5. The lowest BCUT2D eigenvalue weighted by Crippen LogP contribution is -2.25. The molecule has 0 aliphatic heterocycles. The maximum absolute atomic E-state index is 11.9. The number of H-pyrrole nitrogens is 1. The highest BCUT2D eigenvalue weighted by Gasteiger charge is 2.04. The number of nitrogens with one attached hydrogen (secondary N) is 2. The lowest BCUT2D eigenvalue weighted by Gasteiger charge is -2.08. The number of carbonyl (C=O) groups is 1. The summed E-state index contributed by atoms with van der Waals surface area (Å²) in [6, 6.07) is 14.0. The summed E-state index contributed by atoms with van der Waals surface area (Å²) in [5.74, 6) is 0.590. The van der Waals surface area contributed by atoms with Crippen LogP contribution in [-0.2, 0) is 0 Å². The third-order valence-corrected chi connectivity index (χ3v) is 3.63. The molecule has 0 radical (unpaired) electrons. The van der Waals surface area contributed by atoms with Gasteiger partial charge in [-0.15, -0.1) is 0 Å². The first-order valence-electron chi connectivity index (χ1n) is 8.19. The Balaban J connectivity index is 1.42. The zero-order chi connectivity index (χ0) is 18.2. The molecule has 132 valence electrons. The number of hydrogen-bond acceptors (Lipinski definition) is 5. The average Bonchev–Trinajstić information content (AvgIpc) is 2.69. The van der Waals surface area contributed by atoms with Crippen molar-refractivity contribution >= 4 is 5.91 Å². The molecule has 1 aromatic carbocycles. The van der Waals surface area contributed by atoms with Gasteiger partial charge in [0.2, 0.25) is 0 Å². The van der Waals surface area contributed by atoms with Gasteiger partial charge in [-0.05, 0) is 48.9 Å². The van der Waals surface area contributed by atoms with Crippen LogP contribution in [-0.4, -0.2) is 34.2 Å². The topological polar surface area (TPSA) is 97.0 Å². The number of benzene rings is 1. The monoisotopic (exact) mass is 350 g/mol. The van der Waals surface area contributed by atoms with Gasteiger partial charge in [0.15, 0.2) is 0 Å². The maximum atomic E-state index is 11.9. The van der Waals surface area contributed by atoms with E-state index in [2.05, 4.69) is 20.5 Å². The first-order valence-corrected chi connectivity index (χ1v) is 8.19. The zero-order valence-corrected chi connectivity index (χ0v) is 14.0. The molecule has 0 fully saturated rings. The van der Waals surface area contributed by atoms with E-state index >= 15 is 0 Å². The van der Waals surface area contributed by atoms with Crippen LogP contribution in [0.15, 0.2) is 65.7 Å². The molecule has 0 bridgehead atoms. The zero-order valence-electron chi connectivity index (χ0n) is 14.0. The van der Waals surface area contributed by atoms with Crippen molar-refractivity contribution in [3.63, 3.8) is 0 Å². The minimum absolute atomic E-state index is 0.143. The van der Waals surface area contributed by atoms with E-state index in [0.29, 0.717) is 30.8 Å². The number of pyridine rings is 1. The summed E-state index contributed by atoms with van der Waals surface area (Å²) in [6.07, 6.45) is 3.85. The second kappa shape index (κ2) is 8.57. The van der Waals surface area contributed by atoms with E-state index in [1.807, 2.05) is 24.3 Å². The number of amides is 1. The molecule has 0 saturated carbocycles. The molecule has 2 N–H and O–H groups in total. The van der Waals surface area contributed by atoms with Crippen molar-refractivity contribution < 1.29 is 9.53 Å². The Bertz CT molecular complexity index is 888. The summed E-state index contributed by atoms with van der Waals surface area (Å²) >= 11 is 0. The first kappa shape index (κ1) is 17.3. The van der Waals surface area contributed by atoms with E-state index in [1.165, 1.54) is 12.3 Å². The number of hydrogen-bond donors (Lipinski definition) is 2. The molecule has 3 aromatic rings. The van der Waals surface area contributed by atoms with Crippen molar-refractivity contribution in [2.45, 2.75) is 6.42 Å². The maximum Gasteiger partial charge on any atom is 0.264 e. The molecule has 0 saturated heterocycles. The van der Waals surface area contributed by atoms with Crippen molar-refractivity contribution in [2.75, 3.05) is 13.2 Å². The quantitative estimate of drug-likeness (QED) is 0.636. The minimum atomic E-state index is -0.232. The van der Waals surface area contributed by atoms with Crippen LogP contribution in [0.5, 0.6) is 5.75 Å². The van der Waals surface area contributed by atoms with Crippen molar-refractivity contribution in [2.24, 2.45) is 0 Å². The fourth-order valence-electron chi connectivity index (χ4n) is 2.29. The third kappa shape index (κ3) is 4.76. The van der Waals surface area contributed by atoms with Gasteiger partial charge in [0.1, 0.15) is 5.75 Å². The second-order valence-corrected chi connectivity index (χ2v) is 5.53. The number of rotatable bonds is 7. The summed E-state index contributed by atoms with van der Waals surface area (Å²) in [5.41, 5.74) is 1.88. The van der Waals surface area contributed by atoms with Gasteiger partial charge in [-0.3, -0.25) is 14.6 Å². The van der Waals surface area contributed by atoms with Gasteiger partial charge in [0, 0.05) is 30.6 Å². The van der Waals surface area contributed by atoms with Gasteiger partial charge in [-0.1, -0.05) is 0 Å². The van der Waals surface area contributed by atoms with Crippen LogP contribution in [0.25, 0.3) is 11.3 Å². The SMILES string of the molecule is O=C(NCCCOc1ccc(-c2ccc(=O)[nH]n2)cc1)c1cccnc1. The first-order chi connectivity index (χ1) is 12.7.